The van der Waals surface area contributed by atoms with Crippen molar-refractivity contribution in [1.82, 2.24) is 24.2 Å². The number of nitrogens with zero attached hydrogens (tertiary/aromatic N) is 6. The standard InChI is InChI=1S/C48H54N7O8P/c1-32(2)55(33(3)4)64(61-28-14-27-49)63-42-40(62-47(43(42)59-7)54-31-52-41-44(50-30-51-45(41)54)53-46(56)34-15-10-8-11-16-34)29-60-48(35-17-12-9-13-18-35,36-19-23-38(57-5)24-20-36)37-21-25-39(58-6)26-22-37/h8-13,15-26,30-33,40,42-43,47H,14,28-29H2,1-7H3,(H,50,51,53,56). The van der Waals surface area contributed by atoms with Crippen LogP contribution in [0.4, 0.5) is 5.82 Å². The SMILES string of the molecule is COc1ccc(C(OCC2OC(n3cnc4c(NC(=O)c5ccccc5)ncnc43)C(OC)C2OP(OCCC#N)N(C(C)C)C(C)C)(c2ccccc2)c2ccc(OC)cc2)cc1. The van der Waals surface area contributed by atoms with Gasteiger partial charge in [-0.2, -0.15) is 5.26 Å². The maximum atomic E-state index is 13.3. The molecule has 2 aromatic heterocycles. The van der Waals surface area contributed by atoms with E-state index >= 15 is 0 Å². The van der Waals surface area contributed by atoms with E-state index in [4.69, 9.17) is 32.7 Å². The van der Waals surface area contributed by atoms with Gasteiger partial charge in [-0.05, 0) is 80.8 Å². The number of carbonyl (C=O) groups is 1. The van der Waals surface area contributed by atoms with Crippen molar-refractivity contribution < 1.29 is 37.5 Å². The van der Waals surface area contributed by atoms with Crippen molar-refractivity contribution in [2.45, 2.75) is 76.3 Å². The molecular weight excluding hydrogens is 834 g/mol. The number of benzene rings is 4. The Labute approximate surface area is 375 Å². The van der Waals surface area contributed by atoms with Gasteiger partial charge in [0.25, 0.3) is 14.4 Å². The second-order valence-electron chi connectivity index (χ2n) is 15.6. The zero-order valence-electron chi connectivity index (χ0n) is 37.0. The molecular formula is C48H54N7O8P. The van der Waals surface area contributed by atoms with Gasteiger partial charge in [-0.15, -0.1) is 0 Å². The fourth-order valence-electron chi connectivity index (χ4n) is 8.02. The number of nitriles is 1. The van der Waals surface area contributed by atoms with E-state index in [0.717, 1.165) is 16.7 Å². The number of fused-ring (bicyclic) bond motifs is 1. The van der Waals surface area contributed by atoms with Crippen molar-refractivity contribution in [2.24, 2.45) is 0 Å². The fourth-order valence-corrected chi connectivity index (χ4v) is 9.79. The summed E-state index contributed by atoms with van der Waals surface area (Å²) >= 11 is 0. The van der Waals surface area contributed by atoms with Gasteiger partial charge >= 0.3 is 0 Å². The number of hydrogen-bond acceptors (Lipinski definition) is 13. The van der Waals surface area contributed by atoms with Crippen LogP contribution in [0, 0.1) is 11.3 Å². The zero-order valence-corrected chi connectivity index (χ0v) is 37.9. The van der Waals surface area contributed by atoms with Crippen molar-refractivity contribution in [1.29, 1.82) is 5.26 Å². The first-order valence-electron chi connectivity index (χ1n) is 21.1. The van der Waals surface area contributed by atoms with Crippen LogP contribution in [0.5, 0.6) is 11.5 Å². The summed E-state index contributed by atoms with van der Waals surface area (Å²) in [6.07, 6.45) is -0.0342. The van der Waals surface area contributed by atoms with Crippen LogP contribution in [0.1, 0.15) is 67.4 Å². The van der Waals surface area contributed by atoms with Gasteiger partial charge in [-0.25, -0.2) is 19.6 Å². The van der Waals surface area contributed by atoms with Crippen LogP contribution >= 0.6 is 8.53 Å². The minimum absolute atomic E-state index is 0.00129. The minimum atomic E-state index is -1.77. The molecule has 7 rings (SSSR count). The Hall–Kier alpha value is -5.82. The van der Waals surface area contributed by atoms with Crippen molar-refractivity contribution in [2.75, 3.05) is 39.9 Å². The number of amides is 1. The number of carbonyl (C=O) groups excluding carboxylic acids is 1. The quantitative estimate of drug-likeness (QED) is 0.0440. The highest BCUT2D eigenvalue weighted by molar-refractivity contribution is 7.44. The van der Waals surface area contributed by atoms with Crippen LogP contribution in [0.25, 0.3) is 11.2 Å². The van der Waals surface area contributed by atoms with E-state index in [1.54, 1.807) is 56.5 Å². The lowest BCUT2D eigenvalue weighted by molar-refractivity contribution is -0.0938. The molecule has 0 spiro atoms. The molecule has 1 N–H and O–H groups in total. The van der Waals surface area contributed by atoms with E-state index in [1.807, 2.05) is 84.9 Å². The van der Waals surface area contributed by atoms with Crippen LogP contribution in [0.2, 0.25) is 0 Å². The molecule has 1 aliphatic rings. The van der Waals surface area contributed by atoms with Gasteiger partial charge in [-0.1, -0.05) is 72.8 Å². The topological polar surface area (TPSA) is 164 Å². The van der Waals surface area contributed by atoms with Gasteiger partial charge in [0.15, 0.2) is 23.2 Å². The van der Waals surface area contributed by atoms with E-state index < -0.39 is 38.7 Å². The van der Waals surface area contributed by atoms with Crippen LogP contribution in [0.15, 0.2) is 122 Å². The third kappa shape index (κ3) is 9.79. The van der Waals surface area contributed by atoms with E-state index in [2.05, 4.69) is 58.7 Å². The van der Waals surface area contributed by atoms with Crippen molar-refractivity contribution >= 4 is 31.4 Å². The Kier molecular flexibility index (Phi) is 15.3. The summed E-state index contributed by atoms with van der Waals surface area (Å²) in [6.45, 7) is 8.49. The number of anilines is 1. The smallest absolute Gasteiger partial charge is 0.259 e. The maximum Gasteiger partial charge on any atom is 0.259 e. The molecule has 1 saturated heterocycles. The predicted octanol–water partition coefficient (Wildman–Crippen LogP) is 8.68. The van der Waals surface area contributed by atoms with Crippen LogP contribution in [-0.4, -0.2) is 95.0 Å². The lowest BCUT2D eigenvalue weighted by atomic mass is 9.80. The predicted molar refractivity (Wildman–Crippen MR) is 243 cm³/mol. The Morgan fingerprint density at radius 2 is 1.42 bits per heavy atom. The summed E-state index contributed by atoms with van der Waals surface area (Å²) in [4.78, 5) is 26.9. The number of aromatic nitrogens is 4. The lowest BCUT2D eigenvalue weighted by Gasteiger charge is -2.39. The van der Waals surface area contributed by atoms with E-state index in [1.165, 1.54) is 6.33 Å². The monoisotopic (exact) mass is 887 g/mol. The molecule has 5 atom stereocenters. The highest BCUT2D eigenvalue weighted by atomic mass is 31.2. The molecule has 1 fully saturated rings. The summed E-state index contributed by atoms with van der Waals surface area (Å²) in [7, 11) is 3.10. The molecule has 1 aliphatic heterocycles. The summed E-state index contributed by atoms with van der Waals surface area (Å²) in [5.41, 5.74) is 2.61. The third-order valence-electron chi connectivity index (χ3n) is 11.0. The average Bonchev–Trinajstić information content (AvgIpc) is 3.91. The zero-order chi connectivity index (χ0) is 45.2. The second-order valence-corrected chi connectivity index (χ2v) is 17.0. The number of ether oxygens (including phenoxy) is 5. The number of methoxy groups -OCH3 is 3. The number of nitrogens with one attached hydrogen (secondary N) is 1. The second kappa shape index (κ2) is 21.2. The van der Waals surface area contributed by atoms with Gasteiger partial charge < -0.3 is 38.0 Å². The number of hydrogen-bond donors (Lipinski definition) is 1. The first-order chi connectivity index (χ1) is 31.1. The maximum absolute atomic E-state index is 13.3. The molecule has 5 unspecified atom stereocenters. The summed E-state index contributed by atoms with van der Waals surface area (Å²) in [6, 6.07) is 36.7. The van der Waals surface area contributed by atoms with E-state index in [-0.39, 0.29) is 43.4 Å². The molecule has 15 nitrogen and oxygen atoms in total. The third-order valence-corrected chi connectivity index (χ3v) is 13.1. The minimum Gasteiger partial charge on any atom is -0.497 e. The molecule has 3 heterocycles. The average molecular weight is 888 g/mol. The molecule has 334 valence electrons. The first kappa shape index (κ1) is 46.2. The highest BCUT2D eigenvalue weighted by Crippen LogP contribution is 2.51. The Balaban J connectivity index is 1.33. The van der Waals surface area contributed by atoms with Crippen LogP contribution in [0.3, 0.4) is 0 Å². The molecule has 1 amide bonds. The van der Waals surface area contributed by atoms with Gasteiger partial charge in [0.05, 0.1) is 46.3 Å². The summed E-state index contributed by atoms with van der Waals surface area (Å²) in [5.74, 6) is 1.29. The highest BCUT2D eigenvalue weighted by Gasteiger charge is 2.51. The summed E-state index contributed by atoms with van der Waals surface area (Å²) in [5, 5.41) is 12.4. The van der Waals surface area contributed by atoms with Crippen molar-refractivity contribution in [3.63, 3.8) is 0 Å². The largest absolute Gasteiger partial charge is 0.497 e. The van der Waals surface area contributed by atoms with Crippen LogP contribution in [-0.2, 0) is 28.9 Å². The first-order valence-corrected chi connectivity index (χ1v) is 22.2. The fraction of sp³-hybridized carbons (Fsp3) is 0.354. The molecule has 64 heavy (non-hydrogen) atoms. The number of imidazole rings is 1. The normalized spacial score (nSPS) is 18.1. The molecule has 0 saturated carbocycles. The molecule has 0 bridgehead atoms. The van der Waals surface area contributed by atoms with Gasteiger partial charge in [0.1, 0.15) is 41.7 Å². The lowest BCUT2D eigenvalue weighted by Crippen LogP contribution is -2.42. The van der Waals surface area contributed by atoms with Gasteiger partial charge in [0, 0.05) is 24.8 Å². The van der Waals surface area contributed by atoms with Crippen molar-refractivity contribution in [3.05, 3.63) is 144 Å². The van der Waals surface area contributed by atoms with E-state index in [0.29, 0.717) is 28.2 Å². The number of rotatable bonds is 20. The molecule has 0 aliphatic carbocycles. The van der Waals surface area contributed by atoms with Crippen molar-refractivity contribution in [3.8, 4) is 17.6 Å². The van der Waals surface area contributed by atoms with E-state index in [9.17, 15) is 10.1 Å². The van der Waals surface area contributed by atoms with Gasteiger partial charge in [-0.3, -0.25) is 9.36 Å². The molecule has 6 aromatic rings. The van der Waals surface area contributed by atoms with Crippen LogP contribution < -0.4 is 14.8 Å². The Morgan fingerprint density at radius 3 is 1.98 bits per heavy atom. The van der Waals surface area contributed by atoms with Gasteiger partial charge in [0.2, 0.25) is 0 Å². The molecule has 4 aromatic carbocycles. The Morgan fingerprint density at radius 1 is 0.828 bits per heavy atom. The summed E-state index contributed by atoms with van der Waals surface area (Å²) < 4.78 is 49.5. The molecule has 0 radical (unpaired) electrons. The Bertz CT molecular complexity index is 2410. The molecule has 16 heteroatoms.